The van der Waals surface area contributed by atoms with E-state index in [1.165, 1.54) is 13.0 Å². The number of carboxylic acids is 1. The van der Waals surface area contributed by atoms with E-state index < -0.39 is 18.9 Å². The number of furan rings is 1. The number of nitrogens with one attached hydrogen (secondary N) is 1. The number of hydrogen-bond acceptors (Lipinski definition) is 3. The fraction of sp³-hybridized carbons (Fsp3) is 0.444. The van der Waals surface area contributed by atoms with E-state index in [2.05, 4.69) is 5.32 Å². The summed E-state index contributed by atoms with van der Waals surface area (Å²) in [7, 11) is 0. The van der Waals surface area contributed by atoms with E-state index in [1.807, 2.05) is 0 Å². The molecule has 0 aromatic carbocycles. The second-order valence-corrected chi connectivity index (χ2v) is 3.01. The number of alkyl halides is 2. The number of halogens is 2. The number of carbonyl (C=O) groups is 1. The summed E-state index contributed by atoms with van der Waals surface area (Å²) in [4.78, 5) is 10.6. The molecule has 0 saturated carbocycles. The van der Waals surface area contributed by atoms with E-state index in [4.69, 9.17) is 9.52 Å². The van der Waals surface area contributed by atoms with Crippen molar-refractivity contribution in [1.82, 2.24) is 5.32 Å². The molecule has 0 saturated heterocycles. The summed E-state index contributed by atoms with van der Waals surface area (Å²) in [6, 6.07) is 1.33. The zero-order chi connectivity index (χ0) is 11.4. The van der Waals surface area contributed by atoms with Crippen LogP contribution in [-0.4, -0.2) is 24.0 Å². The molecule has 2 N–H and O–H groups in total. The van der Waals surface area contributed by atoms with Crippen LogP contribution in [0.25, 0.3) is 0 Å². The molecule has 0 fully saturated rings. The summed E-state index contributed by atoms with van der Waals surface area (Å²) in [6.07, 6.45) is -2.43. The van der Waals surface area contributed by atoms with Gasteiger partial charge in [0, 0.05) is 0 Å². The van der Waals surface area contributed by atoms with Gasteiger partial charge in [-0.3, -0.25) is 0 Å². The lowest BCUT2D eigenvalue weighted by Gasteiger charge is -1.99. The number of aromatic carboxylic acids is 1. The Morgan fingerprint density at radius 3 is 2.80 bits per heavy atom. The fourth-order valence-electron chi connectivity index (χ4n) is 1.15. The van der Waals surface area contributed by atoms with E-state index >= 15 is 0 Å². The van der Waals surface area contributed by atoms with Crippen LogP contribution in [0.4, 0.5) is 8.78 Å². The van der Waals surface area contributed by atoms with Gasteiger partial charge in [0.2, 0.25) is 0 Å². The van der Waals surface area contributed by atoms with Gasteiger partial charge in [0.05, 0.1) is 13.1 Å². The zero-order valence-electron chi connectivity index (χ0n) is 8.09. The molecule has 0 bridgehead atoms. The van der Waals surface area contributed by atoms with E-state index in [0.717, 1.165) is 0 Å². The molecule has 0 amide bonds. The SMILES string of the molecule is Cc1oc(CNCC(F)F)cc1C(=O)O. The number of aryl methyl sites for hydroxylation is 1. The van der Waals surface area contributed by atoms with Gasteiger partial charge in [-0.2, -0.15) is 0 Å². The van der Waals surface area contributed by atoms with Crippen molar-refractivity contribution >= 4 is 5.97 Å². The van der Waals surface area contributed by atoms with Gasteiger partial charge in [0.25, 0.3) is 6.43 Å². The lowest BCUT2D eigenvalue weighted by atomic mass is 10.2. The van der Waals surface area contributed by atoms with Crippen LogP contribution in [0.5, 0.6) is 0 Å². The van der Waals surface area contributed by atoms with Gasteiger partial charge in [-0.15, -0.1) is 0 Å². The monoisotopic (exact) mass is 219 g/mol. The van der Waals surface area contributed by atoms with Gasteiger partial charge >= 0.3 is 5.97 Å². The Bertz CT molecular complexity index is 349. The molecule has 0 spiro atoms. The standard InChI is InChI=1S/C9H11F2NO3/c1-5-7(9(13)14)2-6(15-5)3-12-4-8(10)11/h2,8,12H,3-4H2,1H3,(H,13,14). The van der Waals surface area contributed by atoms with Gasteiger partial charge in [-0.05, 0) is 13.0 Å². The van der Waals surface area contributed by atoms with Gasteiger partial charge in [0.1, 0.15) is 17.1 Å². The van der Waals surface area contributed by atoms with Gasteiger partial charge in [-0.25, -0.2) is 13.6 Å². The van der Waals surface area contributed by atoms with Crippen LogP contribution in [0.3, 0.4) is 0 Å². The van der Waals surface area contributed by atoms with E-state index in [0.29, 0.717) is 5.76 Å². The van der Waals surface area contributed by atoms with Crippen LogP contribution in [0.1, 0.15) is 21.9 Å². The zero-order valence-corrected chi connectivity index (χ0v) is 8.09. The fourth-order valence-corrected chi connectivity index (χ4v) is 1.15. The first-order valence-electron chi connectivity index (χ1n) is 4.32. The third-order valence-electron chi connectivity index (χ3n) is 1.80. The molecule has 1 rings (SSSR count). The molecular formula is C9H11F2NO3. The average Bonchev–Trinajstić information content (AvgIpc) is 2.46. The molecular weight excluding hydrogens is 208 g/mol. The molecule has 0 radical (unpaired) electrons. The maximum absolute atomic E-state index is 11.8. The summed E-state index contributed by atoms with van der Waals surface area (Å²) in [6.45, 7) is 1.17. The highest BCUT2D eigenvalue weighted by atomic mass is 19.3. The molecule has 0 aliphatic heterocycles. The Balaban J connectivity index is 2.56. The van der Waals surface area contributed by atoms with Gasteiger partial charge in [-0.1, -0.05) is 0 Å². The first-order valence-corrected chi connectivity index (χ1v) is 4.32. The van der Waals surface area contributed by atoms with E-state index in [-0.39, 0.29) is 17.9 Å². The first-order chi connectivity index (χ1) is 7.00. The van der Waals surface area contributed by atoms with Crippen molar-refractivity contribution in [2.24, 2.45) is 0 Å². The third kappa shape index (κ3) is 3.32. The van der Waals surface area contributed by atoms with Crippen LogP contribution >= 0.6 is 0 Å². The molecule has 0 unspecified atom stereocenters. The van der Waals surface area contributed by atoms with Crippen molar-refractivity contribution in [3.63, 3.8) is 0 Å². The van der Waals surface area contributed by atoms with Crippen LogP contribution < -0.4 is 5.32 Å². The minimum atomic E-state index is -2.43. The summed E-state index contributed by atoms with van der Waals surface area (Å²) in [5.74, 6) is -0.474. The van der Waals surface area contributed by atoms with Crippen molar-refractivity contribution in [2.75, 3.05) is 6.54 Å². The topological polar surface area (TPSA) is 62.5 Å². The quantitative estimate of drug-likeness (QED) is 0.790. The Morgan fingerprint density at radius 1 is 1.67 bits per heavy atom. The minimum Gasteiger partial charge on any atom is -0.478 e. The normalized spacial score (nSPS) is 10.9. The summed E-state index contributed by atoms with van der Waals surface area (Å²) in [5.41, 5.74) is 0.0591. The van der Waals surface area contributed by atoms with Crippen molar-refractivity contribution in [2.45, 2.75) is 19.9 Å². The number of hydrogen-bond donors (Lipinski definition) is 2. The number of rotatable bonds is 5. The maximum Gasteiger partial charge on any atom is 0.339 e. The predicted octanol–water partition coefficient (Wildman–Crippen LogP) is 1.64. The lowest BCUT2D eigenvalue weighted by molar-refractivity contribution is 0.0695. The van der Waals surface area contributed by atoms with Crippen LogP contribution in [0.15, 0.2) is 10.5 Å². The summed E-state index contributed by atoms with van der Waals surface area (Å²) < 4.78 is 28.6. The van der Waals surface area contributed by atoms with Crippen LogP contribution in [0.2, 0.25) is 0 Å². The molecule has 4 nitrogen and oxygen atoms in total. The van der Waals surface area contributed by atoms with Crippen molar-refractivity contribution < 1.29 is 23.1 Å². The van der Waals surface area contributed by atoms with Gasteiger partial charge < -0.3 is 14.8 Å². The third-order valence-corrected chi connectivity index (χ3v) is 1.80. The van der Waals surface area contributed by atoms with E-state index in [1.54, 1.807) is 0 Å². The van der Waals surface area contributed by atoms with Crippen LogP contribution in [0, 0.1) is 6.92 Å². The van der Waals surface area contributed by atoms with Crippen molar-refractivity contribution in [3.8, 4) is 0 Å². The van der Waals surface area contributed by atoms with E-state index in [9.17, 15) is 13.6 Å². The predicted molar refractivity (Wildman–Crippen MR) is 48.1 cm³/mol. The van der Waals surface area contributed by atoms with Crippen molar-refractivity contribution in [1.29, 1.82) is 0 Å². The smallest absolute Gasteiger partial charge is 0.339 e. The summed E-state index contributed by atoms with van der Waals surface area (Å²) >= 11 is 0. The van der Waals surface area contributed by atoms with Gasteiger partial charge in [0.15, 0.2) is 0 Å². The largest absolute Gasteiger partial charge is 0.478 e. The molecule has 1 aromatic rings. The Morgan fingerprint density at radius 2 is 2.33 bits per heavy atom. The molecule has 15 heavy (non-hydrogen) atoms. The highest BCUT2D eigenvalue weighted by molar-refractivity contribution is 5.88. The molecule has 0 atom stereocenters. The molecule has 84 valence electrons. The second-order valence-electron chi connectivity index (χ2n) is 3.01. The first kappa shape index (κ1) is 11.6. The second kappa shape index (κ2) is 4.88. The Labute approximate surface area is 84.9 Å². The molecule has 0 aliphatic rings. The molecule has 1 aromatic heterocycles. The Hall–Kier alpha value is -1.43. The average molecular weight is 219 g/mol. The van der Waals surface area contributed by atoms with Crippen LogP contribution in [-0.2, 0) is 6.54 Å². The summed E-state index contributed by atoms with van der Waals surface area (Å²) in [5, 5.41) is 11.1. The maximum atomic E-state index is 11.8. The van der Waals surface area contributed by atoms with Crippen molar-refractivity contribution in [3.05, 3.63) is 23.2 Å². The highest BCUT2D eigenvalue weighted by Crippen LogP contribution is 2.14. The number of carboxylic acid groups (broad SMARTS) is 1. The highest BCUT2D eigenvalue weighted by Gasteiger charge is 2.13. The Kier molecular flexibility index (Phi) is 3.79. The molecule has 0 aliphatic carbocycles. The molecule has 1 heterocycles. The molecule has 6 heteroatoms. The minimum absolute atomic E-state index is 0.0591. The lowest BCUT2D eigenvalue weighted by Crippen LogP contribution is -2.20.